The second kappa shape index (κ2) is 13.8. The van der Waals surface area contributed by atoms with Crippen LogP contribution in [0.15, 0.2) is 83.8 Å². The van der Waals surface area contributed by atoms with Crippen molar-refractivity contribution in [3.63, 3.8) is 0 Å². The zero-order chi connectivity index (χ0) is 30.2. The van der Waals surface area contributed by atoms with Crippen LogP contribution in [0.1, 0.15) is 26.3 Å². The SMILES string of the molecule is COc1ccc(CN(C(=O)CN(c2ccc([N+](=O)[O-])cc2)S(=O)(=O)c2ccccc2)[C@H](C)C(=O)NCC(C)C)cc1. The van der Waals surface area contributed by atoms with Gasteiger partial charge in [-0.15, -0.1) is 0 Å². The lowest BCUT2D eigenvalue weighted by molar-refractivity contribution is -0.384. The highest BCUT2D eigenvalue weighted by molar-refractivity contribution is 7.92. The minimum absolute atomic E-state index is 0.0264. The molecule has 1 atom stereocenters. The summed E-state index contributed by atoms with van der Waals surface area (Å²) >= 11 is 0. The molecule has 0 spiro atoms. The van der Waals surface area contributed by atoms with E-state index in [2.05, 4.69) is 5.32 Å². The van der Waals surface area contributed by atoms with Gasteiger partial charge < -0.3 is 15.0 Å². The van der Waals surface area contributed by atoms with Crippen molar-refractivity contribution < 1.29 is 27.7 Å². The molecular formula is C29H34N4O7S. The highest BCUT2D eigenvalue weighted by atomic mass is 32.2. The lowest BCUT2D eigenvalue weighted by atomic mass is 10.1. The number of carbonyl (C=O) groups excluding carboxylic acids is 2. The smallest absolute Gasteiger partial charge is 0.269 e. The standard InChI is InChI=1S/C29H34N4O7S/c1-21(2)18-30-29(35)22(3)31(19-23-10-16-26(40-4)17-11-23)28(34)20-32(24-12-14-25(15-13-24)33(36)37)41(38,39)27-8-6-5-7-9-27/h5-17,21-22H,18-20H2,1-4H3,(H,30,35)/t22-/m1/s1. The molecule has 0 saturated heterocycles. The summed E-state index contributed by atoms with van der Waals surface area (Å²) in [5, 5.41) is 14.0. The summed E-state index contributed by atoms with van der Waals surface area (Å²) in [5.74, 6) is -0.211. The van der Waals surface area contributed by atoms with Crippen LogP contribution in [-0.4, -0.2) is 56.3 Å². The zero-order valence-corrected chi connectivity index (χ0v) is 24.2. The van der Waals surface area contributed by atoms with Crippen molar-refractivity contribution in [3.8, 4) is 5.75 Å². The number of sulfonamides is 1. The van der Waals surface area contributed by atoms with Gasteiger partial charge in [0.2, 0.25) is 11.8 Å². The molecular weight excluding hydrogens is 548 g/mol. The number of methoxy groups -OCH3 is 1. The minimum atomic E-state index is -4.27. The summed E-state index contributed by atoms with van der Waals surface area (Å²) in [6, 6.07) is 18.5. The maximum absolute atomic E-state index is 13.9. The average molecular weight is 583 g/mol. The van der Waals surface area contributed by atoms with E-state index in [4.69, 9.17) is 4.74 Å². The Morgan fingerprint density at radius 1 is 0.951 bits per heavy atom. The molecule has 0 aromatic heterocycles. The second-order valence-corrected chi connectivity index (χ2v) is 11.6. The number of ether oxygens (including phenoxy) is 1. The number of amides is 2. The van der Waals surface area contributed by atoms with Crippen LogP contribution in [0, 0.1) is 16.0 Å². The number of hydrogen-bond donors (Lipinski definition) is 1. The summed E-state index contributed by atoms with van der Waals surface area (Å²) in [5.41, 5.74) is 0.540. The molecule has 0 aliphatic carbocycles. The Kier molecular flexibility index (Phi) is 10.4. The first-order valence-corrected chi connectivity index (χ1v) is 14.4. The molecule has 2 amide bonds. The number of anilines is 1. The van der Waals surface area contributed by atoms with E-state index in [1.165, 1.54) is 48.4 Å². The molecule has 0 bridgehead atoms. The molecule has 0 heterocycles. The van der Waals surface area contributed by atoms with Gasteiger partial charge in [-0.05, 0) is 54.8 Å². The third-order valence-electron chi connectivity index (χ3n) is 6.32. The van der Waals surface area contributed by atoms with Crippen LogP contribution in [-0.2, 0) is 26.2 Å². The summed E-state index contributed by atoms with van der Waals surface area (Å²) < 4.78 is 33.6. The molecule has 0 saturated carbocycles. The first kappa shape index (κ1) is 31.1. The van der Waals surface area contributed by atoms with Gasteiger partial charge in [0, 0.05) is 25.2 Å². The Bertz CT molecular complexity index is 1440. The molecule has 3 aromatic rings. The molecule has 41 heavy (non-hydrogen) atoms. The van der Waals surface area contributed by atoms with E-state index >= 15 is 0 Å². The molecule has 11 nitrogen and oxygen atoms in total. The molecule has 3 aromatic carbocycles. The minimum Gasteiger partial charge on any atom is -0.497 e. The molecule has 0 fully saturated rings. The Morgan fingerprint density at radius 2 is 1.56 bits per heavy atom. The Balaban J connectivity index is 2.01. The fraction of sp³-hybridized carbons (Fsp3) is 0.310. The van der Waals surface area contributed by atoms with Gasteiger partial charge in [0.15, 0.2) is 0 Å². The number of nitro groups is 1. The van der Waals surface area contributed by atoms with Crippen molar-refractivity contribution in [2.45, 2.75) is 38.3 Å². The second-order valence-electron chi connectivity index (χ2n) is 9.78. The number of nitrogens with zero attached hydrogens (tertiary/aromatic N) is 3. The quantitative estimate of drug-likeness (QED) is 0.237. The molecule has 12 heteroatoms. The van der Waals surface area contributed by atoms with Crippen LogP contribution in [0.5, 0.6) is 5.75 Å². The first-order valence-electron chi connectivity index (χ1n) is 13.0. The van der Waals surface area contributed by atoms with E-state index in [-0.39, 0.29) is 34.6 Å². The van der Waals surface area contributed by atoms with Crippen molar-refractivity contribution in [1.29, 1.82) is 0 Å². The zero-order valence-electron chi connectivity index (χ0n) is 23.4. The largest absolute Gasteiger partial charge is 0.497 e. The van der Waals surface area contributed by atoms with Crippen LogP contribution >= 0.6 is 0 Å². The molecule has 1 N–H and O–H groups in total. The van der Waals surface area contributed by atoms with Gasteiger partial charge in [-0.25, -0.2) is 8.42 Å². The molecule has 0 unspecified atom stereocenters. The fourth-order valence-corrected chi connectivity index (χ4v) is 5.39. The topological polar surface area (TPSA) is 139 Å². The van der Waals surface area contributed by atoms with E-state index in [1.807, 2.05) is 13.8 Å². The Morgan fingerprint density at radius 3 is 2.10 bits per heavy atom. The van der Waals surface area contributed by atoms with Crippen LogP contribution in [0.2, 0.25) is 0 Å². The molecule has 0 aliphatic heterocycles. The number of nitro benzene ring substituents is 1. The first-order chi connectivity index (χ1) is 19.4. The third kappa shape index (κ3) is 8.04. The van der Waals surface area contributed by atoms with Gasteiger partial charge in [0.25, 0.3) is 15.7 Å². The highest BCUT2D eigenvalue weighted by Crippen LogP contribution is 2.26. The Labute approximate surface area is 239 Å². The predicted molar refractivity (Wildman–Crippen MR) is 155 cm³/mol. The van der Waals surface area contributed by atoms with E-state index in [9.17, 15) is 28.1 Å². The highest BCUT2D eigenvalue weighted by Gasteiger charge is 2.32. The average Bonchev–Trinajstić information content (AvgIpc) is 2.97. The summed E-state index contributed by atoms with van der Waals surface area (Å²) in [6.07, 6.45) is 0. The van der Waals surface area contributed by atoms with Crippen LogP contribution < -0.4 is 14.4 Å². The maximum Gasteiger partial charge on any atom is 0.269 e. The number of nitrogens with one attached hydrogen (secondary N) is 1. The fourth-order valence-electron chi connectivity index (χ4n) is 3.95. The van der Waals surface area contributed by atoms with Gasteiger partial charge in [0.1, 0.15) is 18.3 Å². The van der Waals surface area contributed by atoms with Crippen molar-refractivity contribution in [1.82, 2.24) is 10.2 Å². The number of hydrogen-bond acceptors (Lipinski definition) is 7. The van der Waals surface area contributed by atoms with Gasteiger partial charge >= 0.3 is 0 Å². The summed E-state index contributed by atoms with van der Waals surface area (Å²) in [7, 11) is -2.73. The van der Waals surface area contributed by atoms with Crippen LogP contribution in [0.25, 0.3) is 0 Å². The lowest BCUT2D eigenvalue weighted by Gasteiger charge is -2.32. The van der Waals surface area contributed by atoms with Crippen molar-refractivity contribution in [2.24, 2.45) is 5.92 Å². The monoisotopic (exact) mass is 582 g/mol. The molecule has 0 radical (unpaired) electrons. The van der Waals surface area contributed by atoms with Gasteiger partial charge in [-0.2, -0.15) is 0 Å². The van der Waals surface area contributed by atoms with Crippen molar-refractivity contribution in [3.05, 3.63) is 94.5 Å². The van der Waals surface area contributed by atoms with E-state index < -0.39 is 33.4 Å². The molecule has 3 rings (SSSR count). The predicted octanol–water partition coefficient (Wildman–Crippen LogP) is 3.99. The van der Waals surface area contributed by atoms with Gasteiger partial charge in [0.05, 0.1) is 22.6 Å². The number of non-ortho nitro benzene ring substituents is 1. The lowest BCUT2D eigenvalue weighted by Crippen LogP contribution is -2.51. The number of carbonyl (C=O) groups is 2. The van der Waals surface area contributed by atoms with E-state index in [0.717, 1.165) is 4.31 Å². The maximum atomic E-state index is 13.9. The van der Waals surface area contributed by atoms with Gasteiger partial charge in [-0.3, -0.25) is 24.0 Å². The van der Waals surface area contributed by atoms with E-state index in [1.54, 1.807) is 49.4 Å². The Hall–Kier alpha value is -4.45. The molecule has 0 aliphatic rings. The third-order valence-corrected chi connectivity index (χ3v) is 8.11. The summed E-state index contributed by atoms with van der Waals surface area (Å²) in [6.45, 7) is 5.26. The van der Waals surface area contributed by atoms with Gasteiger partial charge in [-0.1, -0.05) is 44.2 Å². The van der Waals surface area contributed by atoms with Crippen molar-refractivity contribution in [2.75, 3.05) is 24.5 Å². The number of rotatable bonds is 13. The number of benzene rings is 3. The van der Waals surface area contributed by atoms with Crippen molar-refractivity contribution >= 4 is 33.2 Å². The van der Waals surface area contributed by atoms with Crippen LogP contribution in [0.3, 0.4) is 0 Å². The van der Waals surface area contributed by atoms with E-state index in [0.29, 0.717) is 17.9 Å². The molecule has 218 valence electrons. The van der Waals surface area contributed by atoms with Crippen LogP contribution in [0.4, 0.5) is 11.4 Å². The normalized spacial score (nSPS) is 11.9. The summed E-state index contributed by atoms with van der Waals surface area (Å²) in [4.78, 5) is 38.8.